The predicted octanol–water partition coefficient (Wildman–Crippen LogP) is 3.41. The average Bonchev–Trinajstić information content (AvgIpc) is 3.59. The fourth-order valence-electron chi connectivity index (χ4n) is 3.38. The summed E-state index contributed by atoms with van der Waals surface area (Å²) in [5.74, 6) is 1.51. The van der Waals surface area contributed by atoms with Gasteiger partial charge in [-0.25, -0.2) is 4.98 Å². The van der Waals surface area contributed by atoms with Gasteiger partial charge >= 0.3 is 0 Å². The third-order valence-electron chi connectivity index (χ3n) is 5.10. The van der Waals surface area contributed by atoms with Crippen LogP contribution in [0.2, 0.25) is 0 Å². The summed E-state index contributed by atoms with van der Waals surface area (Å²) in [4.78, 5) is 29.4. The SMILES string of the molecule is COc1ccc(OC)c(-n2c(CNC(=O)c3ccccc3OC)nnc2SCC(=O)Nc2nccs2)c1. The number of carbonyl (C=O) groups is 2. The van der Waals surface area contributed by atoms with Crippen molar-refractivity contribution in [2.75, 3.05) is 32.4 Å². The molecule has 37 heavy (non-hydrogen) atoms. The second-order valence-corrected chi connectivity index (χ2v) is 9.17. The maximum Gasteiger partial charge on any atom is 0.255 e. The molecule has 11 nitrogen and oxygen atoms in total. The Morgan fingerprint density at radius 2 is 1.84 bits per heavy atom. The van der Waals surface area contributed by atoms with Crippen LogP contribution in [0.4, 0.5) is 5.13 Å². The highest BCUT2D eigenvalue weighted by Gasteiger charge is 2.21. The van der Waals surface area contributed by atoms with Crippen molar-refractivity contribution in [2.45, 2.75) is 11.7 Å². The van der Waals surface area contributed by atoms with Gasteiger partial charge in [-0.05, 0) is 24.3 Å². The topological polar surface area (TPSA) is 129 Å². The molecule has 0 spiro atoms. The maximum absolute atomic E-state index is 12.9. The number of aromatic nitrogens is 4. The molecular weight excluding hydrogens is 516 g/mol. The van der Waals surface area contributed by atoms with Gasteiger partial charge in [0, 0.05) is 17.6 Å². The molecule has 192 valence electrons. The van der Waals surface area contributed by atoms with E-state index in [-0.39, 0.29) is 24.1 Å². The number of amides is 2. The number of methoxy groups -OCH3 is 3. The standard InChI is InChI=1S/C24H24N6O5S2/c1-33-15-8-9-19(35-3)17(12-15)30-20(13-26-22(32)16-6-4-5-7-18(16)34-2)28-29-24(30)37-14-21(31)27-23-25-10-11-36-23/h4-12H,13-14H2,1-3H3,(H,26,32)(H,25,27,31). The Hall–Kier alpha value is -4.10. The van der Waals surface area contributed by atoms with E-state index >= 15 is 0 Å². The van der Waals surface area contributed by atoms with Crippen LogP contribution < -0.4 is 24.8 Å². The lowest BCUT2D eigenvalue weighted by atomic mass is 10.2. The summed E-state index contributed by atoms with van der Waals surface area (Å²) in [7, 11) is 4.61. The Balaban J connectivity index is 1.61. The van der Waals surface area contributed by atoms with Gasteiger partial charge in [0.15, 0.2) is 16.1 Å². The fourth-order valence-corrected chi connectivity index (χ4v) is 4.69. The highest BCUT2D eigenvalue weighted by Crippen LogP contribution is 2.32. The lowest BCUT2D eigenvalue weighted by Gasteiger charge is -2.15. The minimum atomic E-state index is -0.332. The monoisotopic (exact) mass is 540 g/mol. The van der Waals surface area contributed by atoms with E-state index in [1.54, 1.807) is 72.8 Å². The van der Waals surface area contributed by atoms with Crippen molar-refractivity contribution >= 4 is 40.0 Å². The van der Waals surface area contributed by atoms with Crippen molar-refractivity contribution in [1.82, 2.24) is 25.1 Å². The zero-order chi connectivity index (χ0) is 26.2. The van der Waals surface area contributed by atoms with E-state index in [1.165, 1.54) is 30.2 Å². The average molecular weight is 541 g/mol. The highest BCUT2D eigenvalue weighted by atomic mass is 32.2. The second-order valence-electron chi connectivity index (χ2n) is 7.33. The van der Waals surface area contributed by atoms with Crippen molar-refractivity contribution in [3.05, 3.63) is 65.4 Å². The number of hydrogen-bond acceptors (Lipinski definition) is 10. The van der Waals surface area contributed by atoms with Gasteiger partial charge < -0.3 is 24.8 Å². The van der Waals surface area contributed by atoms with Gasteiger partial charge in [-0.3, -0.25) is 14.2 Å². The number of nitrogens with zero attached hydrogens (tertiary/aromatic N) is 4. The van der Waals surface area contributed by atoms with Gasteiger partial charge in [0.2, 0.25) is 5.91 Å². The first-order valence-electron chi connectivity index (χ1n) is 10.9. The number of nitrogens with one attached hydrogen (secondary N) is 2. The molecule has 0 aliphatic carbocycles. The van der Waals surface area contributed by atoms with Crippen molar-refractivity contribution in [3.8, 4) is 22.9 Å². The van der Waals surface area contributed by atoms with Crippen molar-refractivity contribution in [3.63, 3.8) is 0 Å². The van der Waals surface area contributed by atoms with Crippen molar-refractivity contribution < 1.29 is 23.8 Å². The first kappa shape index (κ1) is 26.0. The third kappa shape index (κ3) is 6.19. The first-order chi connectivity index (χ1) is 18.0. The lowest BCUT2D eigenvalue weighted by Crippen LogP contribution is -2.25. The molecule has 2 amide bonds. The Labute approximate surface area is 221 Å². The highest BCUT2D eigenvalue weighted by molar-refractivity contribution is 7.99. The van der Waals surface area contributed by atoms with E-state index in [0.717, 1.165) is 0 Å². The van der Waals surface area contributed by atoms with E-state index < -0.39 is 0 Å². The molecule has 4 rings (SSSR count). The summed E-state index contributed by atoms with van der Waals surface area (Å²) < 4.78 is 18.0. The minimum absolute atomic E-state index is 0.0517. The summed E-state index contributed by atoms with van der Waals surface area (Å²) in [5, 5.41) is 16.9. The largest absolute Gasteiger partial charge is 0.497 e. The van der Waals surface area contributed by atoms with Gasteiger partial charge in [0.1, 0.15) is 17.2 Å². The van der Waals surface area contributed by atoms with Crippen LogP contribution >= 0.6 is 23.1 Å². The quantitative estimate of drug-likeness (QED) is 0.275. The Bertz CT molecular complexity index is 1380. The number of hydrogen-bond donors (Lipinski definition) is 2. The fraction of sp³-hybridized carbons (Fsp3) is 0.208. The van der Waals surface area contributed by atoms with Crippen LogP contribution in [0.1, 0.15) is 16.2 Å². The smallest absolute Gasteiger partial charge is 0.255 e. The Morgan fingerprint density at radius 1 is 1.03 bits per heavy atom. The summed E-state index contributed by atoms with van der Waals surface area (Å²) in [6.07, 6.45) is 1.62. The van der Waals surface area contributed by atoms with Crippen molar-refractivity contribution in [1.29, 1.82) is 0 Å². The van der Waals surface area contributed by atoms with Gasteiger partial charge in [-0.15, -0.1) is 21.5 Å². The molecule has 2 heterocycles. The van der Waals surface area contributed by atoms with Gasteiger partial charge in [0.25, 0.3) is 5.91 Å². The molecule has 0 aliphatic heterocycles. The lowest BCUT2D eigenvalue weighted by molar-refractivity contribution is -0.113. The first-order valence-corrected chi connectivity index (χ1v) is 12.8. The molecule has 0 radical (unpaired) electrons. The van der Waals surface area contributed by atoms with E-state index in [4.69, 9.17) is 14.2 Å². The number of ether oxygens (including phenoxy) is 3. The van der Waals surface area contributed by atoms with Gasteiger partial charge in [-0.1, -0.05) is 23.9 Å². The summed E-state index contributed by atoms with van der Waals surface area (Å²) in [6.45, 7) is 0.0517. The molecular formula is C24H24N6O5S2. The van der Waals surface area contributed by atoms with Crippen LogP contribution in [0.15, 0.2) is 59.2 Å². The van der Waals surface area contributed by atoms with Crippen molar-refractivity contribution in [2.24, 2.45) is 0 Å². The number of benzene rings is 2. The number of thioether (sulfide) groups is 1. The molecule has 0 unspecified atom stereocenters. The normalized spacial score (nSPS) is 10.6. The molecule has 0 aliphatic rings. The number of carbonyl (C=O) groups excluding carboxylic acids is 2. The molecule has 2 aromatic heterocycles. The molecule has 2 N–H and O–H groups in total. The van der Waals surface area contributed by atoms with E-state index in [0.29, 0.717) is 44.6 Å². The van der Waals surface area contributed by atoms with Crippen LogP contribution in [0, 0.1) is 0 Å². The van der Waals surface area contributed by atoms with Crippen LogP contribution in [-0.4, -0.2) is 58.6 Å². The third-order valence-corrected chi connectivity index (χ3v) is 6.71. The molecule has 4 aromatic rings. The molecule has 0 atom stereocenters. The van der Waals surface area contributed by atoms with E-state index in [2.05, 4.69) is 25.8 Å². The van der Waals surface area contributed by atoms with E-state index in [1.807, 2.05) is 0 Å². The summed E-state index contributed by atoms with van der Waals surface area (Å²) in [6, 6.07) is 12.2. The molecule has 2 aromatic carbocycles. The zero-order valence-corrected chi connectivity index (χ0v) is 21.9. The minimum Gasteiger partial charge on any atom is -0.497 e. The number of anilines is 1. The molecule has 0 saturated heterocycles. The van der Waals surface area contributed by atoms with Crippen LogP contribution in [0.3, 0.4) is 0 Å². The summed E-state index contributed by atoms with van der Waals surface area (Å²) in [5.41, 5.74) is 0.986. The van der Waals surface area contributed by atoms with E-state index in [9.17, 15) is 9.59 Å². The number of thiazole rings is 1. The number of rotatable bonds is 11. The van der Waals surface area contributed by atoms with Crippen LogP contribution in [-0.2, 0) is 11.3 Å². The van der Waals surface area contributed by atoms with Crippen LogP contribution in [0.25, 0.3) is 5.69 Å². The Kier molecular flexibility index (Phi) is 8.59. The second kappa shape index (κ2) is 12.2. The van der Waals surface area contributed by atoms with Crippen LogP contribution in [0.5, 0.6) is 17.2 Å². The summed E-state index contributed by atoms with van der Waals surface area (Å²) >= 11 is 2.52. The maximum atomic E-state index is 12.9. The number of para-hydroxylation sites is 1. The zero-order valence-electron chi connectivity index (χ0n) is 20.3. The van der Waals surface area contributed by atoms with Gasteiger partial charge in [0.05, 0.1) is 44.9 Å². The molecule has 13 heteroatoms. The molecule has 0 saturated carbocycles. The molecule has 0 fully saturated rings. The molecule has 0 bridgehead atoms. The van der Waals surface area contributed by atoms with Gasteiger partial charge in [-0.2, -0.15) is 0 Å². The predicted molar refractivity (Wildman–Crippen MR) is 140 cm³/mol. The Morgan fingerprint density at radius 3 is 2.57 bits per heavy atom.